The number of hydrogen-bond acceptors (Lipinski definition) is 3. The Morgan fingerprint density at radius 1 is 1.50 bits per heavy atom. The third-order valence-electron chi connectivity index (χ3n) is 2.44. The Bertz CT molecular complexity index is 332. The van der Waals surface area contributed by atoms with E-state index < -0.39 is 5.54 Å². The zero-order valence-electron chi connectivity index (χ0n) is 7.86. The fourth-order valence-corrected chi connectivity index (χ4v) is 1.22. The van der Waals surface area contributed by atoms with E-state index in [0.29, 0.717) is 6.54 Å². The highest BCUT2D eigenvalue weighted by Crippen LogP contribution is 2.32. The van der Waals surface area contributed by atoms with E-state index in [4.69, 9.17) is 5.73 Å². The molecule has 0 aromatic carbocycles. The number of nitrogens with one attached hydrogen (secondary N) is 1. The highest BCUT2D eigenvalue weighted by Gasteiger charge is 2.45. The molecule has 4 heteroatoms. The molecule has 0 aliphatic heterocycles. The molecular weight excluding hydrogens is 178 g/mol. The molecule has 74 valence electrons. The lowest BCUT2D eigenvalue weighted by Crippen LogP contribution is -2.42. The maximum absolute atomic E-state index is 11.4. The summed E-state index contributed by atoms with van der Waals surface area (Å²) in [5, 5.41) is 2.81. The Balaban J connectivity index is 1.86. The van der Waals surface area contributed by atoms with Crippen molar-refractivity contribution >= 4 is 5.91 Å². The van der Waals surface area contributed by atoms with Gasteiger partial charge in [0.05, 0.1) is 5.54 Å². The first-order chi connectivity index (χ1) is 6.71. The van der Waals surface area contributed by atoms with Gasteiger partial charge in [-0.1, -0.05) is 0 Å². The van der Waals surface area contributed by atoms with Crippen LogP contribution in [-0.4, -0.2) is 16.4 Å². The predicted octanol–water partition coefficient (Wildman–Crippen LogP) is 0.189. The molecule has 0 bridgehead atoms. The van der Waals surface area contributed by atoms with Gasteiger partial charge in [-0.2, -0.15) is 0 Å². The van der Waals surface area contributed by atoms with E-state index >= 15 is 0 Å². The van der Waals surface area contributed by atoms with Crippen LogP contribution < -0.4 is 11.1 Å². The van der Waals surface area contributed by atoms with Crippen LogP contribution in [0.4, 0.5) is 0 Å². The normalized spacial score (nSPS) is 17.5. The molecule has 14 heavy (non-hydrogen) atoms. The molecular formula is C10H13N3O. The molecule has 0 unspecified atom stereocenters. The van der Waals surface area contributed by atoms with E-state index in [-0.39, 0.29) is 5.91 Å². The van der Waals surface area contributed by atoms with Crippen LogP contribution in [0.3, 0.4) is 0 Å². The molecule has 2 rings (SSSR count). The van der Waals surface area contributed by atoms with E-state index in [0.717, 1.165) is 18.4 Å². The monoisotopic (exact) mass is 191 g/mol. The lowest BCUT2D eigenvalue weighted by molar-refractivity contribution is -0.123. The van der Waals surface area contributed by atoms with Crippen molar-refractivity contribution in [3.63, 3.8) is 0 Å². The first-order valence-electron chi connectivity index (χ1n) is 4.67. The van der Waals surface area contributed by atoms with Gasteiger partial charge in [-0.15, -0.1) is 0 Å². The summed E-state index contributed by atoms with van der Waals surface area (Å²) in [7, 11) is 0. The van der Waals surface area contributed by atoms with Crippen molar-refractivity contribution in [2.75, 3.05) is 0 Å². The van der Waals surface area contributed by atoms with Gasteiger partial charge in [-0.3, -0.25) is 9.78 Å². The number of carbonyl (C=O) groups is 1. The highest BCUT2D eigenvalue weighted by molar-refractivity contribution is 5.88. The molecule has 0 spiro atoms. The molecule has 1 aromatic rings. The Kier molecular flexibility index (Phi) is 2.21. The summed E-state index contributed by atoms with van der Waals surface area (Å²) in [5.74, 6) is -0.0469. The summed E-state index contributed by atoms with van der Waals surface area (Å²) in [6, 6.07) is 3.74. The van der Waals surface area contributed by atoms with Gasteiger partial charge in [-0.05, 0) is 30.5 Å². The zero-order valence-corrected chi connectivity index (χ0v) is 7.86. The van der Waals surface area contributed by atoms with Crippen LogP contribution in [0.25, 0.3) is 0 Å². The third kappa shape index (κ3) is 1.90. The van der Waals surface area contributed by atoms with Crippen molar-refractivity contribution in [3.8, 4) is 0 Å². The van der Waals surface area contributed by atoms with Gasteiger partial charge in [0.2, 0.25) is 5.91 Å². The van der Waals surface area contributed by atoms with Crippen molar-refractivity contribution in [2.24, 2.45) is 5.73 Å². The van der Waals surface area contributed by atoms with Gasteiger partial charge >= 0.3 is 0 Å². The fourth-order valence-electron chi connectivity index (χ4n) is 1.22. The minimum Gasteiger partial charge on any atom is -0.350 e. The minimum atomic E-state index is -0.576. The maximum Gasteiger partial charge on any atom is 0.240 e. The standard InChI is InChI=1S/C10H13N3O/c11-10(3-4-10)9(14)13-7-8-1-5-12-6-2-8/h1-2,5-6H,3-4,7,11H2,(H,13,14). The highest BCUT2D eigenvalue weighted by atomic mass is 16.2. The lowest BCUT2D eigenvalue weighted by Gasteiger charge is -2.09. The van der Waals surface area contributed by atoms with Gasteiger partial charge in [-0.25, -0.2) is 0 Å². The van der Waals surface area contributed by atoms with Crippen LogP contribution in [-0.2, 0) is 11.3 Å². The summed E-state index contributed by atoms with van der Waals surface area (Å²) < 4.78 is 0. The maximum atomic E-state index is 11.4. The summed E-state index contributed by atoms with van der Waals surface area (Å²) in [6.07, 6.45) is 5.01. The average molecular weight is 191 g/mol. The van der Waals surface area contributed by atoms with E-state index in [9.17, 15) is 4.79 Å². The van der Waals surface area contributed by atoms with Gasteiger partial charge in [0.25, 0.3) is 0 Å². The summed E-state index contributed by atoms with van der Waals surface area (Å²) in [4.78, 5) is 15.3. The summed E-state index contributed by atoms with van der Waals surface area (Å²) in [6.45, 7) is 0.528. The fraction of sp³-hybridized carbons (Fsp3) is 0.400. The summed E-state index contributed by atoms with van der Waals surface area (Å²) in [5.41, 5.74) is 6.19. The van der Waals surface area contributed by atoms with Crippen molar-refractivity contribution < 1.29 is 4.79 Å². The second-order valence-electron chi connectivity index (χ2n) is 3.69. The lowest BCUT2D eigenvalue weighted by atomic mass is 10.2. The second-order valence-corrected chi connectivity index (χ2v) is 3.69. The van der Waals surface area contributed by atoms with E-state index in [1.807, 2.05) is 12.1 Å². The largest absolute Gasteiger partial charge is 0.350 e. The van der Waals surface area contributed by atoms with E-state index in [1.165, 1.54) is 0 Å². The number of carbonyl (C=O) groups excluding carboxylic acids is 1. The van der Waals surface area contributed by atoms with Crippen LogP contribution in [0.2, 0.25) is 0 Å². The topological polar surface area (TPSA) is 68.0 Å². The predicted molar refractivity (Wildman–Crippen MR) is 52.2 cm³/mol. The smallest absolute Gasteiger partial charge is 0.240 e. The molecule has 0 saturated heterocycles. The molecule has 1 heterocycles. The molecule has 0 radical (unpaired) electrons. The molecule has 1 saturated carbocycles. The summed E-state index contributed by atoms with van der Waals surface area (Å²) >= 11 is 0. The molecule has 1 aliphatic rings. The van der Waals surface area contributed by atoms with Crippen LogP contribution in [0.15, 0.2) is 24.5 Å². The number of rotatable bonds is 3. The number of nitrogens with two attached hydrogens (primary N) is 1. The first kappa shape index (κ1) is 9.15. The molecule has 1 aromatic heterocycles. The van der Waals surface area contributed by atoms with Gasteiger partial charge in [0.1, 0.15) is 0 Å². The Labute approximate surface area is 82.5 Å². The zero-order chi connectivity index (χ0) is 10.0. The van der Waals surface area contributed by atoms with E-state index in [2.05, 4.69) is 10.3 Å². The van der Waals surface area contributed by atoms with Crippen molar-refractivity contribution in [1.29, 1.82) is 0 Å². The van der Waals surface area contributed by atoms with E-state index in [1.54, 1.807) is 12.4 Å². The molecule has 1 fully saturated rings. The molecule has 0 atom stereocenters. The van der Waals surface area contributed by atoms with Gasteiger partial charge < -0.3 is 11.1 Å². The van der Waals surface area contributed by atoms with Gasteiger partial charge in [0, 0.05) is 18.9 Å². The number of pyridine rings is 1. The van der Waals surface area contributed by atoms with Crippen LogP contribution in [0.5, 0.6) is 0 Å². The quantitative estimate of drug-likeness (QED) is 0.716. The van der Waals surface area contributed by atoms with Crippen molar-refractivity contribution in [1.82, 2.24) is 10.3 Å². The number of amides is 1. The SMILES string of the molecule is NC1(C(=O)NCc2ccncc2)CC1. The van der Waals surface area contributed by atoms with Crippen LogP contribution in [0, 0.1) is 0 Å². The van der Waals surface area contributed by atoms with Crippen molar-refractivity contribution in [2.45, 2.75) is 24.9 Å². The third-order valence-corrected chi connectivity index (χ3v) is 2.44. The van der Waals surface area contributed by atoms with Crippen LogP contribution in [0.1, 0.15) is 18.4 Å². The Morgan fingerprint density at radius 2 is 2.14 bits per heavy atom. The average Bonchev–Trinajstić information content (AvgIpc) is 2.96. The molecule has 3 N–H and O–H groups in total. The number of hydrogen-bond donors (Lipinski definition) is 2. The molecule has 4 nitrogen and oxygen atoms in total. The molecule has 1 aliphatic carbocycles. The van der Waals surface area contributed by atoms with Gasteiger partial charge in [0.15, 0.2) is 0 Å². The Morgan fingerprint density at radius 3 is 2.71 bits per heavy atom. The minimum absolute atomic E-state index is 0.0469. The Hall–Kier alpha value is -1.42. The number of aromatic nitrogens is 1. The van der Waals surface area contributed by atoms with Crippen molar-refractivity contribution in [3.05, 3.63) is 30.1 Å². The first-order valence-corrected chi connectivity index (χ1v) is 4.67. The number of nitrogens with zero attached hydrogens (tertiary/aromatic N) is 1. The second kappa shape index (κ2) is 3.38. The van der Waals surface area contributed by atoms with Crippen LogP contribution >= 0.6 is 0 Å². The molecule has 1 amide bonds.